The molecule has 2 unspecified atom stereocenters. The summed E-state index contributed by atoms with van der Waals surface area (Å²) < 4.78 is 0. The molecule has 2 atom stereocenters. The van der Waals surface area contributed by atoms with Crippen molar-refractivity contribution >= 4 is 11.3 Å². The van der Waals surface area contributed by atoms with Gasteiger partial charge in [-0.2, -0.15) is 0 Å². The molecule has 78 valence electrons. The van der Waals surface area contributed by atoms with Gasteiger partial charge >= 0.3 is 0 Å². The lowest BCUT2D eigenvalue weighted by atomic mass is 10.1. The molecule has 0 radical (unpaired) electrons. The number of hydrogen-bond acceptors (Lipinski definition) is 3. The van der Waals surface area contributed by atoms with E-state index in [1.54, 1.807) is 11.3 Å². The Balaban J connectivity index is 1.84. The van der Waals surface area contributed by atoms with Crippen LogP contribution in [0.1, 0.15) is 31.7 Å². The van der Waals surface area contributed by atoms with Crippen molar-refractivity contribution in [2.24, 2.45) is 5.92 Å². The van der Waals surface area contributed by atoms with Crippen LogP contribution in [-0.2, 0) is 5.41 Å². The van der Waals surface area contributed by atoms with Crippen LogP contribution in [0.2, 0.25) is 0 Å². The molecule has 1 heterocycles. The third kappa shape index (κ3) is 1.84. The van der Waals surface area contributed by atoms with Crippen LogP contribution in [0.3, 0.4) is 0 Å². The summed E-state index contributed by atoms with van der Waals surface area (Å²) in [5.41, 5.74) is 0.384. The van der Waals surface area contributed by atoms with Crippen LogP contribution in [0.15, 0.2) is 11.6 Å². The molecule has 2 nitrogen and oxygen atoms in total. The van der Waals surface area contributed by atoms with Gasteiger partial charge in [0.25, 0.3) is 0 Å². The summed E-state index contributed by atoms with van der Waals surface area (Å²) >= 11 is 1.80. The molecule has 0 aliphatic heterocycles. The van der Waals surface area contributed by atoms with Crippen molar-refractivity contribution in [3.05, 3.63) is 16.6 Å². The first-order chi connectivity index (χ1) is 6.77. The smallest absolute Gasteiger partial charge is 0.0987 e. The Hall–Kier alpha value is -0.410. The predicted octanol–water partition coefficient (Wildman–Crippen LogP) is 2.42. The number of rotatable bonds is 5. The molecule has 1 fully saturated rings. The standard InChI is InChI=1S/C11H18N2S/c1-3-4-12-8-9-7-11(9,2)10-13-5-6-14-10/h5-6,9,12H,3-4,7-8H2,1-2H3. The number of nitrogens with one attached hydrogen (secondary N) is 1. The second-order valence-electron chi connectivity index (χ2n) is 4.36. The van der Waals surface area contributed by atoms with E-state index in [4.69, 9.17) is 0 Å². The average molecular weight is 210 g/mol. The zero-order valence-corrected chi connectivity index (χ0v) is 9.73. The summed E-state index contributed by atoms with van der Waals surface area (Å²) in [6, 6.07) is 0. The lowest BCUT2D eigenvalue weighted by Gasteiger charge is -2.07. The lowest BCUT2D eigenvalue weighted by Crippen LogP contribution is -2.20. The largest absolute Gasteiger partial charge is 0.316 e. The van der Waals surface area contributed by atoms with Gasteiger partial charge in [0.05, 0.1) is 5.01 Å². The maximum atomic E-state index is 4.42. The van der Waals surface area contributed by atoms with Gasteiger partial charge in [-0.25, -0.2) is 4.98 Å². The Morgan fingerprint density at radius 1 is 1.71 bits per heavy atom. The van der Waals surface area contributed by atoms with Crippen LogP contribution in [0, 0.1) is 5.92 Å². The minimum atomic E-state index is 0.384. The molecule has 1 saturated carbocycles. The Morgan fingerprint density at radius 3 is 3.21 bits per heavy atom. The van der Waals surface area contributed by atoms with Crippen molar-refractivity contribution in [3.63, 3.8) is 0 Å². The highest BCUT2D eigenvalue weighted by molar-refractivity contribution is 7.09. The minimum absolute atomic E-state index is 0.384. The van der Waals surface area contributed by atoms with E-state index in [2.05, 4.69) is 29.5 Å². The first-order valence-corrected chi connectivity index (χ1v) is 6.26. The predicted molar refractivity (Wildman–Crippen MR) is 60.7 cm³/mol. The molecule has 1 aromatic heterocycles. The topological polar surface area (TPSA) is 24.9 Å². The van der Waals surface area contributed by atoms with Crippen LogP contribution in [0.25, 0.3) is 0 Å². The molecule has 1 aliphatic carbocycles. The zero-order valence-electron chi connectivity index (χ0n) is 8.92. The normalized spacial score (nSPS) is 30.6. The van der Waals surface area contributed by atoms with E-state index >= 15 is 0 Å². The molecule has 3 heteroatoms. The zero-order chi connectivity index (χ0) is 10.0. The molecule has 2 rings (SSSR count). The molecule has 1 aromatic rings. The Bertz CT molecular complexity index is 283. The number of aromatic nitrogens is 1. The van der Waals surface area contributed by atoms with Crippen molar-refractivity contribution in [2.75, 3.05) is 13.1 Å². The summed E-state index contributed by atoms with van der Waals surface area (Å²) in [6.45, 7) is 6.85. The Labute approximate surface area is 89.8 Å². The van der Waals surface area contributed by atoms with E-state index in [1.807, 2.05) is 6.20 Å². The van der Waals surface area contributed by atoms with Crippen molar-refractivity contribution in [1.82, 2.24) is 10.3 Å². The van der Waals surface area contributed by atoms with Gasteiger partial charge in [0.1, 0.15) is 0 Å². The van der Waals surface area contributed by atoms with E-state index in [-0.39, 0.29) is 0 Å². The number of hydrogen-bond donors (Lipinski definition) is 1. The third-order valence-corrected chi connectivity index (χ3v) is 4.20. The fourth-order valence-corrected chi connectivity index (χ4v) is 2.86. The average Bonchev–Trinajstić information content (AvgIpc) is 2.69. The van der Waals surface area contributed by atoms with Crippen LogP contribution in [-0.4, -0.2) is 18.1 Å². The van der Waals surface area contributed by atoms with Gasteiger partial charge in [-0.05, 0) is 31.8 Å². The van der Waals surface area contributed by atoms with Crippen molar-refractivity contribution in [1.29, 1.82) is 0 Å². The molecule has 14 heavy (non-hydrogen) atoms. The van der Waals surface area contributed by atoms with Crippen LogP contribution in [0.4, 0.5) is 0 Å². The highest BCUT2D eigenvalue weighted by atomic mass is 32.1. The first kappa shape index (κ1) is 10.1. The fourth-order valence-electron chi connectivity index (χ4n) is 1.97. The molecule has 0 amide bonds. The van der Waals surface area contributed by atoms with Crippen LogP contribution in [0.5, 0.6) is 0 Å². The van der Waals surface area contributed by atoms with Crippen molar-refractivity contribution < 1.29 is 0 Å². The monoisotopic (exact) mass is 210 g/mol. The summed E-state index contributed by atoms with van der Waals surface area (Å²) in [6.07, 6.45) is 4.44. The van der Waals surface area contributed by atoms with E-state index in [0.29, 0.717) is 5.41 Å². The minimum Gasteiger partial charge on any atom is -0.316 e. The van der Waals surface area contributed by atoms with E-state index in [9.17, 15) is 0 Å². The van der Waals surface area contributed by atoms with Gasteiger partial charge in [0.2, 0.25) is 0 Å². The summed E-state index contributed by atoms with van der Waals surface area (Å²) in [7, 11) is 0. The number of nitrogens with zero attached hydrogens (tertiary/aromatic N) is 1. The quantitative estimate of drug-likeness (QED) is 0.755. The second kappa shape index (κ2) is 3.99. The van der Waals surface area contributed by atoms with E-state index in [0.717, 1.165) is 19.0 Å². The SMILES string of the molecule is CCCNCC1CC1(C)c1nccs1. The van der Waals surface area contributed by atoms with Gasteiger partial charge in [-0.1, -0.05) is 13.8 Å². The highest BCUT2D eigenvalue weighted by Gasteiger charge is 2.52. The molecule has 0 aromatic carbocycles. The van der Waals surface area contributed by atoms with Crippen LogP contribution >= 0.6 is 11.3 Å². The molecule has 1 aliphatic rings. The van der Waals surface area contributed by atoms with Gasteiger partial charge in [-0.3, -0.25) is 0 Å². The molecule has 0 bridgehead atoms. The van der Waals surface area contributed by atoms with Gasteiger partial charge < -0.3 is 5.32 Å². The van der Waals surface area contributed by atoms with Crippen molar-refractivity contribution in [2.45, 2.75) is 32.1 Å². The Morgan fingerprint density at radius 2 is 2.57 bits per heavy atom. The molecule has 0 spiro atoms. The third-order valence-electron chi connectivity index (χ3n) is 3.15. The van der Waals surface area contributed by atoms with E-state index in [1.165, 1.54) is 17.8 Å². The van der Waals surface area contributed by atoms with Gasteiger partial charge in [-0.15, -0.1) is 11.3 Å². The Kier molecular flexibility index (Phi) is 2.88. The molecule has 0 saturated heterocycles. The number of thiazole rings is 1. The first-order valence-electron chi connectivity index (χ1n) is 5.38. The highest BCUT2D eigenvalue weighted by Crippen LogP contribution is 2.53. The summed E-state index contributed by atoms with van der Waals surface area (Å²) in [5, 5.41) is 6.89. The maximum Gasteiger partial charge on any atom is 0.0987 e. The maximum absolute atomic E-state index is 4.42. The molecular formula is C11H18N2S. The van der Waals surface area contributed by atoms with Crippen molar-refractivity contribution in [3.8, 4) is 0 Å². The van der Waals surface area contributed by atoms with Gasteiger partial charge in [0.15, 0.2) is 0 Å². The summed E-state index contributed by atoms with van der Waals surface area (Å²) in [4.78, 5) is 4.42. The van der Waals surface area contributed by atoms with Gasteiger partial charge in [0, 0.05) is 17.0 Å². The fraction of sp³-hybridized carbons (Fsp3) is 0.727. The van der Waals surface area contributed by atoms with E-state index < -0.39 is 0 Å². The second-order valence-corrected chi connectivity index (χ2v) is 5.25. The van der Waals surface area contributed by atoms with Crippen LogP contribution < -0.4 is 5.32 Å². The summed E-state index contributed by atoms with van der Waals surface area (Å²) in [5.74, 6) is 0.806. The molecule has 1 N–H and O–H groups in total. The lowest BCUT2D eigenvalue weighted by molar-refractivity contribution is 0.574. The molecular weight excluding hydrogens is 192 g/mol.